The second-order valence-corrected chi connectivity index (χ2v) is 8.30. The number of rotatable bonds is 5. The Morgan fingerprint density at radius 2 is 1.96 bits per heavy atom. The number of benzene rings is 1. The summed E-state index contributed by atoms with van der Waals surface area (Å²) in [5.74, 6) is -0.237. The van der Waals surface area contributed by atoms with Crippen molar-refractivity contribution in [2.45, 2.75) is 38.5 Å². The number of carbonyl (C=O) groups excluding carboxylic acids is 1. The molecule has 1 saturated heterocycles. The number of fused-ring (bicyclic) bond motifs is 1. The molecular formula is C20H22N4O3S. The topological polar surface area (TPSA) is 87.8 Å². The van der Waals surface area contributed by atoms with E-state index in [4.69, 9.17) is 0 Å². The Morgan fingerprint density at radius 3 is 2.71 bits per heavy atom. The molecule has 8 heteroatoms. The van der Waals surface area contributed by atoms with Crippen LogP contribution in [-0.2, 0) is 12.8 Å². The van der Waals surface area contributed by atoms with E-state index in [1.54, 1.807) is 12.1 Å². The molecule has 2 aliphatic rings. The first-order valence-electron chi connectivity index (χ1n) is 9.60. The number of thiophene rings is 1. The van der Waals surface area contributed by atoms with Crippen molar-refractivity contribution in [2.24, 2.45) is 5.10 Å². The van der Waals surface area contributed by atoms with Gasteiger partial charge in [0.2, 0.25) is 0 Å². The summed E-state index contributed by atoms with van der Waals surface area (Å²) in [6.45, 7) is 1.68. The summed E-state index contributed by atoms with van der Waals surface area (Å²) < 4.78 is 0. The van der Waals surface area contributed by atoms with Crippen LogP contribution >= 0.6 is 11.3 Å². The van der Waals surface area contributed by atoms with Crippen LogP contribution < -0.4 is 10.3 Å². The van der Waals surface area contributed by atoms with Gasteiger partial charge in [0.1, 0.15) is 5.69 Å². The molecule has 1 aliphatic heterocycles. The number of carbonyl (C=O) groups is 1. The zero-order valence-corrected chi connectivity index (χ0v) is 16.3. The molecule has 0 bridgehead atoms. The highest BCUT2D eigenvalue weighted by molar-refractivity contribution is 7.14. The number of nitro benzene ring substituents is 1. The van der Waals surface area contributed by atoms with Crippen LogP contribution in [0.5, 0.6) is 0 Å². The minimum Gasteiger partial charge on any atom is -0.366 e. The standard InChI is InChI=1S/C20H22N4O3S/c25-20(19-12-15-5-1-2-6-18(15)28-19)22-21-13-14-7-8-16(17(11-14)24(26)27)23-9-3-4-10-23/h7-8,11-13H,1-6,9-10H2,(H,22,25). The van der Waals surface area contributed by atoms with Gasteiger partial charge >= 0.3 is 0 Å². The second kappa shape index (κ2) is 8.10. The van der Waals surface area contributed by atoms with E-state index in [-0.39, 0.29) is 16.5 Å². The molecule has 1 amide bonds. The van der Waals surface area contributed by atoms with E-state index in [1.807, 2.05) is 11.0 Å². The molecule has 0 unspecified atom stereocenters. The van der Waals surface area contributed by atoms with Gasteiger partial charge in [-0.25, -0.2) is 5.43 Å². The highest BCUT2D eigenvalue weighted by atomic mass is 32.1. The summed E-state index contributed by atoms with van der Waals surface area (Å²) in [4.78, 5) is 27.4. The third-order valence-electron chi connectivity index (χ3n) is 5.24. The average molecular weight is 398 g/mol. The van der Waals surface area contributed by atoms with Crippen LogP contribution in [0.4, 0.5) is 11.4 Å². The van der Waals surface area contributed by atoms with E-state index in [0.717, 1.165) is 38.8 Å². The number of amides is 1. The van der Waals surface area contributed by atoms with Gasteiger partial charge in [0.15, 0.2) is 0 Å². The number of nitrogens with zero attached hydrogens (tertiary/aromatic N) is 3. The maximum Gasteiger partial charge on any atom is 0.293 e. The molecule has 0 spiro atoms. The minimum atomic E-state index is -0.361. The molecule has 1 fully saturated rings. The Kier molecular flexibility index (Phi) is 5.38. The number of hydrogen-bond acceptors (Lipinski definition) is 6. The van der Waals surface area contributed by atoms with Crippen molar-refractivity contribution in [3.8, 4) is 0 Å². The normalized spacial score (nSPS) is 16.4. The summed E-state index contributed by atoms with van der Waals surface area (Å²) in [6, 6.07) is 7.02. The van der Waals surface area contributed by atoms with E-state index < -0.39 is 0 Å². The average Bonchev–Trinajstić information content (AvgIpc) is 3.37. The highest BCUT2D eigenvalue weighted by Crippen LogP contribution is 2.31. The Bertz CT molecular complexity index is 908. The molecule has 28 heavy (non-hydrogen) atoms. The number of hydrogen-bond donors (Lipinski definition) is 1. The summed E-state index contributed by atoms with van der Waals surface area (Å²) in [7, 11) is 0. The predicted molar refractivity (Wildman–Crippen MR) is 111 cm³/mol. The first-order chi connectivity index (χ1) is 13.6. The molecule has 7 nitrogen and oxygen atoms in total. The maximum absolute atomic E-state index is 12.3. The van der Waals surface area contributed by atoms with Gasteiger partial charge in [-0.3, -0.25) is 14.9 Å². The molecule has 0 radical (unpaired) electrons. The van der Waals surface area contributed by atoms with Gasteiger partial charge < -0.3 is 4.90 Å². The van der Waals surface area contributed by atoms with Crippen molar-refractivity contribution in [2.75, 3.05) is 18.0 Å². The van der Waals surface area contributed by atoms with Gasteiger partial charge in [-0.05, 0) is 56.2 Å². The molecule has 1 aromatic carbocycles. The van der Waals surface area contributed by atoms with Crippen molar-refractivity contribution < 1.29 is 9.72 Å². The lowest BCUT2D eigenvalue weighted by molar-refractivity contribution is -0.384. The molecule has 1 N–H and O–H groups in total. The molecule has 0 saturated carbocycles. The monoisotopic (exact) mass is 398 g/mol. The highest BCUT2D eigenvalue weighted by Gasteiger charge is 2.22. The number of hydrazone groups is 1. The van der Waals surface area contributed by atoms with Crippen LogP contribution in [0.3, 0.4) is 0 Å². The van der Waals surface area contributed by atoms with E-state index in [2.05, 4.69) is 10.5 Å². The fourth-order valence-corrected chi connectivity index (χ4v) is 4.96. The fraction of sp³-hybridized carbons (Fsp3) is 0.400. The SMILES string of the molecule is O=C(NN=Cc1ccc(N2CCCC2)c([N+](=O)[O-])c1)c1cc2c(s1)CCCC2. The van der Waals surface area contributed by atoms with E-state index in [0.29, 0.717) is 16.1 Å². The van der Waals surface area contributed by atoms with Crippen molar-refractivity contribution in [3.05, 3.63) is 55.3 Å². The molecule has 0 atom stereocenters. The Morgan fingerprint density at radius 1 is 1.18 bits per heavy atom. The summed E-state index contributed by atoms with van der Waals surface area (Å²) in [5.41, 5.74) is 5.11. The predicted octanol–water partition coefficient (Wildman–Crippen LogP) is 3.90. The van der Waals surface area contributed by atoms with Gasteiger partial charge in [0.25, 0.3) is 11.6 Å². The third-order valence-corrected chi connectivity index (χ3v) is 6.48. The van der Waals surface area contributed by atoms with Crippen LogP contribution in [0.1, 0.15) is 51.4 Å². The number of nitrogens with one attached hydrogen (secondary N) is 1. The molecule has 4 rings (SSSR count). The van der Waals surface area contributed by atoms with E-state index >= 15 is 0 Å². The molecule has 146 valence electrons. The zero-order chi connectivity index (χ0) is 19.5. The first kappa shape index (κ1) is 18.6. The van der Waals surface area contributed by atoms with Gasteiger partial charge in [-0.2, -0.15) is 5.10 Å². The van der Waals surface area contributed by atoms with Crippen molar-refractivity contribution in [1.29, 1.82) is 0 Å². The Labute approximate surface area is 167 Å². The lowest BCUT2D eigenvalue weighted by Gasteiger charge is -2.17. The second-order valence-electron chi connectivity index (χ2n) is 7.16. The summed E-state index contributed by atoms with van der Waals surface area (Å²) in [6.07, 6.45) is 8.00. The molecule has 2 heterocycles. The minimum absolute atomic E-state index is 0.0723. The molecule has 1 aromatic heterocycles. The van der Waals surface area contributed by atoms with E-state index in [9.17, 15) is 14.9 Å². The third kappa shape index (κ3) is 3.91. The smallest absolute Gasteiger partial charge is 0.293 e. The van der Waals surface area contributed by atoms with Gasteiger partial charge in [-0.15, -0.1) is 11.3 Å². The lowest BCUT2D eigenvalue weighted by atomic mass is 9.99. The van der Waals surface area contributed by atoms with Crippen molar-refractivity contribution in [3.63, 3.8) is 0 Å². The molecule has 1 aliphatic carbocycles. The van der Waals surface area contributed by atoms with Crippen LogP contribution in [0.15, 0.2) is 29.4 Å². The van der Waals surface area contributed by atoms with Crippen LogP contribution in [-0.4, -0.2) is 30.1 Å². The van der Waals surface area contributed by atoms with Crippen molar-refractivity contribution >= 4 is 34.8 Å². The maximum atomic E-state index is 12.3. The van der Waals surface area contributed by atoms with Crippen LogP contribution in [0, 0.1) is 10.1 Å². The van der Waals surface area contributed by atoms with Gasteiger partial charge in [0, 0.05) is 29.6 Å². The quantitative estimate of drug-likeness (QED) is 0.470. The lowest BCUT2D eigenvalue weighted by Crippen LogP contribution is -2.19. The summed E-state index contributed by atoms with van der Waals surface area (Å²) in [5, 5.41) is 15.5. The van der Waals surface area contributed by atoms with Gasteiger partial charge in [-0.1, -0.05) is 6.07 Å². The number of aryl methyl sites for hydroxylation is 2. The van der Waals surface area contributed by atoms with Crippen molar-refractivity contribution in [1.82, 2.24) is 5.43 Å². The Hall–Kier alpha value is -2.74. The number of anilines is 1. The number of nitro groups is 1. The van der Waals surface area contributed by atoms with Gasteiger partial charge in [0.05, 0.1) is 16.0 Å². The molecular weight excluding hydrogens is 376 g/mol. The van der Waals surface area contributed by atoms with E-state index in [1.165, 1.54) is 46.9 Å². The largest absolute Gasteiger partial charge is 0.366 e. The van der Waals surface area contributed by atoms with Crippen LogP contribution in [0.2, 0.25) is 0 Å². The molecule has 2 aromatic rings. The zero-order valence-electron chi connectivity index (χ0n) is 15.5. The van der Waals surface area contributed by atoms with Crippen LogP contribution in [0.25, 0.3) is 0 Å². The Balaban J connectivity index is 1.45. The summed E-state index contributed by atoms with van der Waals surface area (Å²) >= 11 is 1.53. The first-order valence-corrected chi connectivity index (χ1v) is 10.4. The fourth-order valence-electron chi connectivity index (χ4n) is 3.82.